The van der Waals surface area contributed by atoms with Gasteiger partial charge in [0, 0.05) is 23.0 Å². The number of carbonyl (C=O) groups excluding carboxylic acids is 1. The maximum absolute atomic E-state index is 11.1. The van der Waals surface area contributed by atoms with Gasteiger partial charge in [-0.3, -0.25) is 9.78 Å². The van der Waals surface area contributed by atoms with E-state index in [0.717, 1.165) is 3.57 Å². The largest absolute Gasteiger partial charge is 0.355 e. The summed E-state index contributed by atoms with van der Waals surface area (Å²) in [4.78, 5) is 15.0. The molecule has 58 valence electrons. The molecule has 0 aliphatic rings. The molecule has 4 heteroatoms. The second-order valence-electron chi connectivity index (χ2n) is 1.93. The first-order chi connectivity index (χ1) is 5.25. The lowest BCUT2D eigenvalue weighted by atomic mass is 10.2. The van der Waals surface area contributed by atoms with Crippen LogP contribution in [-0.4, -0.2) is 17.9 Å². The summed E-state index contributed by atoms with van der Waals surface area (Å²) in [5.74, 6) is -0.0724. The molecule has 0 aliphatic heterocycles. The van der Waals surface area contributed by atoms with E-state index in [1.807, 2.05) is 0 Å². The Morgan fingerprint density at radius 2 is 2.45 bits per heavy atom. The molecule has 0 radical (unpaired) electrons. The Hall–Kier alpha value is -0.650. The Bertz CT molecular complexity index is 275. The molecule has 0 aliphatic carbocycles. The van der Waals surface area contributed by atoms with E-state index in [-0.39, 0.29) is 5.91 Å². The molecule has 3 nitrogen and oxygen atoms in total. The average molecular weight is 262 g/mol. The van der Waals surface area contributed by atoms with Crippen molar-refractivity contribution < 1.29 is 4.79 Å². The number of nitrogens with one attached hydrogen (secondary N) is 1. The molecule has 0 aromatic carbocycles. The SMILES string of the molecule is CNC(=O)c1ccncc1I. The number of rotatable bonds is 1. The number of hydrogen-bond donors (Lipinski definition) is 1. The van der Waals surface area contributed by atoms with Crippen LogP contribution in [0.5, 0.6) is 0 Å². The Balaban J connectivity index is 3.03. The van der Waals surface area contributed by atoms with Crippen molar-refractivity contribution in [2.75, 3.05) is 7.05 Å². The van der Waals surface area contributed by atoms with Crippen LogP contribution in [0.15, 0.2) is 18.5 Å². The van der Waals surface area contributed by atoms with Crippen LogP contribution in [0.4, 0.5) is 0 Å². The first-order valence-corrected chi connectivity index (χ1v) is 4.15. The molecular formula is C7H7IN2O. The molecule has 0 saturated carbocycles. The number of pyridine rings is 1. The van der Waals surface area contributed by atoms with E-state index < -0.39 is 0 Å². The second kappa shape index (κ2) is 3.66. The van der Waals surface area contributed by atoms with Gasteiger partial charge in [-0.05, 0) is 28.7 Å². The Morgan fingerprint density at radius 3 is 3.00 bits per heavy atom. The molecule has 11 heavy (non-hydrogen) atoms. The Morgan fingerprint density at radius 1 is 1.73 bits per heavy atom. The molecule has 1 aromatic rings. The minimum atomic E-state index is -0.0724. The highest BCUT2D eigenvalue weighted by Gasteiger charge is 2.05. The van der Waals surface area contributed by atoms with Gasteiger partial charge in [0.2, 0.25) is 0 Å². The van der Waals surface area contributed by atoms with Gasteiger partial charge >= 0.3 is 0 Å². The van der Waals surface area contributed by atoms with Crippen molar-refractivity contribution in [2.45, 2.75) is 0 Å². The number of hydrogen-bond acceptors (Lipinski definition) is 2. The molecule has 1 N–H and O–H groups in total. The van der Waals surface area contributed by atoms with Gasteiger partial charge in [0.1, 0.15) is 0 Å². The van der Waals surface area contributed by atoms with E-state index in [1.54, 1.807) is 25.5 Å². The van der Waals surface area contributed by atoms with Crippen LogP contribution in [0.25, 0.3) is 0 Å². The summed E-state index contributed by atoms with van der Waals surface area (Å²) in [5.41, 5.74) is 0.670. The fourth-order valence-corrected chi connectivity index (χ4v) is 1.28. The van der Waals surface area contributed by atoms with Crippen molar-refractivity contribution in [3.63, 3.8) is 0 Å². The lowest BCUT2D eigenvalue weighted by Crippen LogP contribution is -2.18. The highest BCUT2D eigenvalue weighted by molar-refractivity contribution is 14.1. The molecule has 0 unspecified atom stereocenters. The third-order valence-corrected chi connectivity index (χ3v) is 2.10. The van der Waals surface area contributed by atoms with Gasteiger partial charge in [-0.15, -0.1) is 0 Å². The molecule has 0 saturated heterocycles. The van der Waals surface area contributed by atoms with Gasteiger partial charge in [0.05, 0.1) is 5.56 Å². The molecule has 1 heterocycles. The van der Waals surface area contributed by atoms with Crippen molar-refractivity contribution >= 4 is 28.5 Å². The van der Waals surface area contributed by atoms with Crippen LogP contribution >= 0.6 is 22.6 Å². The molecule has 0 atom stereocenters. The van der Waals surface area contributed by atoms with Crippen molar-refractivity contribution in [3.05, 3.63) is 27.6 Å². The lowest BCUT2D eigenvalue weighted by Gasteiger charge is -1.99. The molecule has 1 rings (SSSR count). The van der Waals surface area contributed by atoms with E-state index in [2.05, 4.69) is 32.9 Å². The van der Waals surface area contributed by atoms with E-state index in [4.69, 9.17) is 0 Å². The molecule has 1 aromatic heterocycles. The van der Waals surface area contributed by atoms with Crippen LogP contribution in [0.1, 0.15) is 10.4 Å². The third kappa shape index (κ3) is 1.89. The van der Waals surface area contributed by atoms with Gasteiger partial charge in [0.15, 0.2) is 0 Å². The first-order valence-electron chi connectivity index (χ1n) is 3.07. The second-order valence-corrected chi connectivity index (χ2v) is 3.10. The van der Waals surface area contributed by atoms with Crippen molar-refractivity contribution in [3.8, 4) is 0 Å². The van der Waals surface area contributed by atoms with Crippen LogP contribution in [0.3, 0.4) is 0 Å². The molecule has 0 spiro atoms. The van der Waals surface area contributed by atoms with Gasteiger partial charge < -0.3 is 5.32 Å². The molecular weight excluding hydrogens is 255 g/mol. The van der Waals surface area contributed by atoms with Gasteiger partial charge in [-0.2, -0.15) is 0 Å². The summed E-state index contributed by atoms with van der Waals surface area (Å²) in [6.45, 7) is 0. The van der Waals surface area contributed by atoms with Gasteiger partial charge in [0.25, 0.3) is 5.91 Å². The highest BCUT2D eigenvalue weighted by atomic mass is 127. The van der Waals surface area contributed by atoms with Crippen LogP contribution in [0, 0.1) is 3.57 Å². The summed E-state index contributed by atoms with van der Waals surface area (Å²) < 4.78 is 0.865. The van der Waals surface area contributed by atoms with Crippen LogP contribution < -0.4 is 5.32 Å². The predicted molar refractivity (Wildman–Crippen MR) is 50.3 cm³/mol. The number of halogens is 1. The molecule has 1 amide bonds. The minimum Gasteiger partial charge on any atom is -0.355 e. The normalized spacial score (nSPS) is 9.27. The fraction of sp³-hybridized carbons (Fsp3) is 0.143. The zero-order valence-corrected chi connectivity index (χ0v) is 8.12. The summed E-state index contributed by atoms with van der Waals surface area (Å²) in [5, 5.41) is 2.55. The number of aromatic nitrogens is 1. The number of nitrogens with zero attached hydrogens (tertiary/aromatic N) is 1. The van der Waals surface area contributed by atoms with Gasteiger partial charge in [-0.1, -0.05) is 0 Å². The minimum absolute atomic E-state index is 0.0724. The summed E-state index contributed by atoms with van der Waals surface area (Å²) in [6, 6.07) is 1.70. The quantitative estimate of drug-likeness (QED) is 0.768. The Labute approximate surface area is 78.4 Å². The van der Waals surface area contributed by atoms with E-state index >= 15 is 0 Å². The van der Waals surface area contributed by atoms with E-state index in [9.17, 15) is 4.79 Å². The summed E-state index contributed by atoms with van der Waals surface area (Å²) in [6.07, 6.45) is 3.26. The first kappa shape index (κ1) is 8.45. The average Bonchev–Trinajstić information content (AvgIpc) is 2.04. The van der Waals surface area contributed by atoms with Crippen LogP contribution in [0.2, 0.25) is 0 Å². The van der Waals surface area contributed by atoms with Crippen LogP contribution in [-0.2, 0) is 0 Å². The smallest absolute Gasteiger partial charge is 0.252 e. The lowest BCUT2D eigenvalue weighted by molar-refractivity contribution is 0.0962. The number of carbonyl (C=O) groups is 1. The maximum Gasteiger partial charge on any atom is 0.252 e. The monoisotopic (exact) mass is 262 g/mol. The van der Waals surface area contributed by atoms with E-state index in [1.165, 1.54) is 0 Å². The van der Waals surface area contributed by atoms with Crippen molar-refractivity contribution in [2.24, 2.45) is 0 Å². The van der Waals surface area contributed by atoms with Crippen molar-refractivity contribution in [1.82, 2.24) is 10.3 Å². The predicted octanol–water partition coefficient (Wildman–Crippen LogP) is 1.05. The number of amides is 1. The summed E-state index contributed by atoms with van der Waals surface area (Å²) >= 11 is 2.08. The fourth-order valence-electron chi connectivity index (χ4n) is 0.694. The highest BCUT2D eigenvalue weighted by Crippen LogP contribution is 2.08. The summed E-state index contributed by atoms with van der Waals surface area (Å²) in [7, 11) is 1.61. The zero-order valence-electron chi connectivity index (χ0n) is 5.97. The standard InChI is InChI=1S/C7H7IN2O/c1-9-7(11)5-2-3-10-4-6(5)8/h2-4H,1H3,(H,9,11). The Kier molecular flexibility index (Phi) is 2.81. The third-order valence-electron chi connectivity index (χ3n) is 1.24. The maximum atomic E-state index is 11.1. The van der Waals surface area contributed by atoms with Gasteiger partial charge in [-0.25, -0.2) is 0 Å². The molecule has 0 bridgehead atoms. The van der Waals surface area contributed by atoms with E-state index in [0.29, 0.717) is 5.56 Å². The zero-order chi connectivity index (χ0) is 8.27. The van der Waals surface area contributed by atoms with Crippen molar-refractivity contribution in [1.29, 1.82) is 0 Å². The topological polar surface area (TPSA) is 42.0 Å². The molecule has 0 fully saturated rings.